The van der Waals surface area contributed by atoms with Gasteiger partial charge in [-0.15, -0.1) is 0 Å². The molecule has 0 bridgehead atoms. The summed E-state index contributed by atoms with van der Waals surface area (Å²) in [6, 6.07) is 14.7. The molecule has 0 fully saturated rings. The van der Waals surface area contributed by atoms with Gasteiger partial charge in [-0.25, -0.2) is 0 Å². The van der Waals surface area contributed by atoms with E-state index in [1.54, 1.807) is 36.4 Å². The van der Waals surface area contributed by atoms with Crippen LogP contribution in [0.15, 0.2) is 45.2 Å². The highest BCUT2D eigenvalue weighted by Gasteiger charge is 2.16. The molecule has 2 aromatic heterocycles. The predicted octanol–water partition coefficient (Wildman–Crippen LogP) is 4.08. The third-order valence-corrected chi connectivity index (χ3v) is 3.37. The molecule has 0 amide bonds. The van der Waals surface area contributed by atoms with Gasteiger partial charge in [-0.1, -0.05) is 0 Å². The van der Waals surface area contributed by atoms with Crippen molar-refractivity contribution in [3.05, 3.63) is 47.5 Å². The Morgan fingerprint density at radius 2 is 1.25 bits per heavy atom. The van der Waals surface area contributed by atoms with E-state index in [1.807, 2.05) is 0 Å². The zero-order valence-corrected chi connectivity index (χ0v) is 10.2. The van der Waals surface area contributed by atoms with Crippen molar-refractivity contribution >= 4 is 33.1 Å². The first-order chi connectivity index (χ1) is 9.80. The van der Waals surface area contributed by atoms with Gasteiger partial charge in [0, 0.05) is 10.8 Å². The van der Waals surface area contributed by atoms with E-state index in [0.717, 1.165) is 16.2 Å². The quantitative estimate of drug-likeness (QED) is 0.476. The normalized spacial score (nSPS) is 10.9. The lowest BCUT2D eigenvalue weighted by molar-refractivity contribution is 0.524. The summed E-state index contributed by atoms with van der Waals surface area (Å²) in [4.78, 5) is 0. The van der Waals surface area contributed by atoms with Crippen LogP contribution >= 0.6 is 0 Å². The second kappa shape index (κ2) is 3.63. The molecule has 0 aliphatic rings. The highest BCUT2D eigenvalue weighted by Crippen LogP contribution is 2.37. The molecule has 0 N–H and O–H groups in total. The molecule has 4 heteroatoms. The molecule has 0 atom stereocenters. The maximum absolute atomic E-state index is 9.01. The Balaban J connectivity index is 2.24. The molecular formula is C16H6N2O2. The number of rotatable bonds is 0. The molecule has 0 radical (unpaired) electrons. The first kappa shape index (κ1) is 10.7. The van der Waals surface area contributed by atoms with Crippen molar-refractivity contribution in [2.45, 2.75) is 0 Å². The highest BCUT2D eigenvalue weighted by atomic mass is 16.5. The lowest BCUT2D eigenvalue weighted by Gasteiger charge is -1.92. The van der Waals surface area contributed by atoms with E-state index in [9.17, 15) is 0 Å². The van der Waals surface area contributed by atoms with Gasteiger partial charge in [-0.2, -0.15) is 10.5 Å². The van der Waals surface area contributed by atoms with Crippen LogP contribution in [-0.2, 0) is 0 Å². The van der Waals surface area contributed by atoms with Crippen molar-refractivity contribution in [1.82, 2.24) is 0 Å². The van der Waals surface area contributed by atoms with Crippen LogP contribution in [-0.4, -0.2) is 0 Å². The third kappa shape index (κ3) is 1.28. The van der Waals surface area contributed by atoms with Gasteiger partial charge in [-0.05, 0) is 36.4 Å². The summed E-state index contributed by atoms with van der Waals surface area (Å²) in [5.74, 6) is 0.417. The van der Waals surface area contributed by atoms with Crippen molar-refractivity contribution in [2.75, 3.05) is 0 Å². The second-order valence-electron chi connectivity index (χ2n) is 4.51. The lowest BCUT2D eigenvalue weighted by Crippen LogP contribution is -1.74. The lowest BCUT2D eigenvalue weighted by atomic mass is 10.1. The van der Waals surface area contributed by atoms with Crippen molar-refractivity contribution in [3.63, 3.8) is 0 Å². The molecule has 4 aromatic rings. The van der Waals surface area contributed by atoms with E-state index in [0.29, 0.717) is 28.1 Å². The van der Waals surface area contributed by atoms with Crippen LogP contribution in [0.1, 0.15) is 11.1 Å². The Labute approximate surface area is 113 Å². The molecule has 0 spiro atoms. The van der Waals surface area contributed by atoms with Crippen LogP contribution in [0.5, 0.6) is 0 Å². The summed E-state index contributed by atoms with van der Waals surface area (Å²) >= 11 is 0. The fourth-order valence-electron chi connectivity index (χ4n) is 2.46. The summed E-state index contributed by atoms with van der Waals surface area (Å²) in [6.07, 6.45) is 0. The average Bonchev–Trinajstić information content (AvgIpc) is 3.01. The summed E-state index contributed by atoms with van der Waals surface area (Å²) in [5, 5.41) is 20.5. The van der Waals surface area contributed by atoms with Crippen molar-refractivity contribution in [1.29, 1.82) is 10.5 Å². The minimum atomic E-state index is 0.417. The van der Waals surface area contributed by atoms with Crippen LogP contribution < -0.4 is 0 Å². The standard InChI is InChI=1S/C16H6N2O2/c17-7-9-1-3-13-11(5-9)15-12-6-10(8-18)2-4-14(12)20-16(15)19-13/h1-6H. The van der Waals surface area contributed by atoms with E-state index >= 15 is 0 Å². The number of nitrogens with zero attached hydrogens (tertiary/aromatic N) is 2. The maximum Gasteiger partial charge on any atom is 0.299 e. The topological polar surface area (TPSA) is 73.9 Å². The number of fused-ring (bicyclic) bond motifs is 5. The van der Waals surface area contributed by atoms with Gasteiger partial charge in [0.25, 0.3) is 5.78 Å². The minimum Gasteiger partial charge on any atom is -0.425 e. The molecule has 4 rings (SSSR count). The van der Waals surface area contributed by atoms with Gasteiger partial charge in [0.1, 0.15) is 11.2 Å². The van der Waals surface area contributed by atoms with Crippen molar-refractivity contribution in [2.24, 2.45) is 0 Å². The Kier molecular flexibility index (Phi) is 1.93. The maximum atomic E-state index is 9.01. The third-order valence-electron chi connectivity index (χ3n) is 3.37. The summed E-state index contributed by atoms with van der Waals surface area (Å²) in [5.41, 5.74) is 2.46. The fraction of sp³-hybridized carbons (Fsp3) is 0. The number of hydrogen-bond donors (Lipinski definition) is 0. The Bertz CT molecular complexity index is 988. The Hall–Kier alpha value is -3.24. The first-order valence-electron chi connectivity index (χ1n) is 5.99. The summed E-state index contributed by atoms with van der Waals surface area (Å²) < 4.78 is 11.3. The van der Waals surface area contributed by atoms with E-state index in [4.69, 9.17) is 19.4 Å². The van der Waals surface area contributed by atoms with Crippen LogP contribution in [0.25, 0.3) is 33.1 Å². The molecule has 2 aromatic carbocycles. The molecule has 2 heterocycles. The molecule has 0 aliphatic heterocycles. The monoisotopic (exact) mass is 258 g/mol. The summed E-state index contributed by atoms with van der Waals surface area (Å²) in [7, 11) is 0. The molecule has 20 heavy (non-hydrogen) atoms. The number of furan rings is 2. The average molecular weight is 258 g/mol. The van der Waals surface area contributed by atoms with Crippen LogP contribution in [0.2, 0.25) is 0 Å². The fourth-order valence-corrected chi connectivity index (χ4v) is 2.46. The van der Waals surface area contributed by atoms with E-state index in [2.05, 4.69) is 12.1 Å². The Morgan fingerprint density at radius 3 is 1.70 bits per heavy atom. The SMILES string of the molecule is N#Cc1ccc2oc3oc4ccc(C#N)cc4c3c2c1. The van der Waals surface area contributed by atoms with Gasteiger partial charge < -0.3 is 8.83 Å². The van der Waals surface area contributed by atoms with Gasteiger partial charge in [0.05, 0.1) is 28.7 Å². The Morgan fingerprint density at radius 1 is 0.750 bits per heavy atom. The zero-order chi connectivity index (χ0) is 13.7. The predicted molar refractivity (Wildman–Crippen MR) is 72.9 cm³/mol. The number of benzene rings is 2. The van der Waals surface area contributed by atoms with Crippen molar-refractivity contribution in [3.8, 4) is 12.1 Å². The van der Waals surface area contributed by atoms with Gasteiger partial charge in [0.15, 0.2) is 0 Å². The second-order valence-corrected chi connectivity index (χ2v) is 4.51. The van der Waals surface area contributed by atoms with Crippen LogP contribution in [0.4, 0.5) is 0 Å². The number of hydrogen-bond acceptors (Lipinski definition) is 4. The van der Waals surface area contributed by atoms with Gasteiger partial charge in [-0.3, -0.25) is 0 Å². The van der Waals surface area contributed by atoms with Gasteiger partial charge >= 0.3 is 0 Å². The highest BCUT2D eigenvalue weighted by molar-refractivity contribution is 6.17. The molecule has 0 saturated heterocycles. The number of nitriles is 2. The molecule has 0 saturated carbocycles. The molecule has 4 nitrogen and oxygen atoms in total. The van der Waals surface area contributed by atoms with E-state index < -0.39 is 0 Å². The van der Waals surface area contributed by atoms with Gasteiger partial charge in [0.2, 0.25) is 0 Å². The molecule has 0 unspecified atom stereocenters. The molecular weight excluding hydrogens is 252 g/mol. The smallest absolute Gasteiger partial charge is 0.299 e. The van der Waals surface area contributed by atoms with Crippen LogP contribution in [0, 0.1) is 22.7 Å². The van der Waals surface area contributed by atoms with E-state index in [-0.39, 0.29) is 0 Å². The van der Waals surface area contributed by atoms with Crippen LogP contribution in [0.3, 0.4) is 0 Å². The largest absolute Gasteiger partial charge is 0.425 e. The zero-order valence-electron chi connectivity index (χ0n) is 10.2. The van der Waals surface area contributed by atoms with Crippen molar-refractivity contribution < 1.29 is 8.83 Å². The first-order valence-corrected chi connectivity index (χ1v) is 5.99. The molecule has 0 aliphatic carbocycles. The van der Waals surface area contributed by atoms with E-state index in [1.165, 1.54) is 0 Å². The summed E-state index contributed by atoms with van der Waals surface area (Å²) in [6.45, 7) is 0. The molecule has 92 valence electrons. The minimum absolute atomic E-state index is 0.417.